The van der Waals surface area contributed by atoms with Gasteiger partial charge in [0.1, 0.15) is 18.0 Å². The Morgan fingerprint density at radius 2 is 2.40 bits per heavy atom. The first-order valence-corrected chi connectivity index (χ1v) is 6.53. The molecule has 1 unspecified atom stereocenters. The Bertz CT molecular complexity index is 584. The molecule has 1 saturated heterocycles. The second-order valence-electron chi connectivity index (χ2n) is 5.05. The standard InChI is InChI=1S/C12H15N5O3/c18-4-8-7(19)3-9(20-8)17-6-14-10-11-13-1-2-16(11)5-15-12(10)17/h1-2,5-9,11,13,18-19H,3-4H2/t7-,8+,9+,11?/m0/s1. The summed E-state index contributed by atoms with van der Waals surface area (Å²) >= 11 is 0. The van der Waals surface area contributed by atoms with E-state index < -0.39 is 12.2 Å². The number of aromatic nitrogens is 2. The number of aliphatic hydroxyl groups excluding tert-OH is 2. The van der Waals surface area contributed by atoms with Crippen LogP contribution in [0.2, 0.25) is 0 Å². The lowest BCUT2D eigenvalue weighted by Gasteiger charge is -2.24. The van der Waals surface area contributed by atoms with Crippen molar-refractivity contribution in [2.75, 3.05) is 6.61 Å². The first-order chi connectivity index (χ1) is 9.78. The minimum absolute atomic E-state index is 0.0382. The Morgan fingerprint density at radius 1 is 1.50 bits per heavy atom. The molecule has 106 valence electrons. The zero-order valence-electron chi connectivity index (χ0n) is 10.6. The van der Waals surface area contributed by atoms with Gasteiger partial charge in [-0.2, -0.15) is 0 Å². The zero-order chi connectivity index (χ0) is 13.7. The van der Waals surface area contributed by atoms with Crippen molar-refractivity contribution in [2.24, 2.45) is 4.99 Å². The van der Waals surface area contributed by atoms with Crippen molar-refractivity contribution in [3.8, 4) is 0 Å². The molecule has 0 aliphatic carbocycles. The molecule has 8 heteroatoms. The van der Waals surface area contributed by atoms with Crippen molar-refractivity contribution in [1.29, 1.82) is 0 Å². The summed E-state index contributed by atoms with van der Waals surface area (Å²) < 4.78 is 7.45. The summed E-state index contributed by atoms with van der Waals surface area (Å²) in [5, 5.41) is 22.2. The van der Waals surface area contributed by atoms with E-state index >= 15 is 0 Å². The molecule has 0 radical (unpaired) electrons. The molecule has 4 rings (SSSR count). The lowest BCUT2D eigenvalue weighted by atomic mass is 10.2. The molecule has 3 N–H and O–H groups in total. The maximum atomic E-state index is 9.82. The SMILES string of the molecule is OC[C@H]1O[C@@H](n2cnc3c2N=CN2C=CNC32)C[C@@H]1O. The fraction of sp³-hybridized carbons (Fsp3) is 0.500. The molecular weight excluding hydrogens is 262 g/mol. The smallest absolute Gasteiger partial charge is 0.163 e. The van der Waals surface area contributed by atoms with Crippen LogP contribution in [-0.4, -0.2) is 49.8 Å². The predicted molar refractivity (Wildman–Crippen MR) is 68.9 cm³/mol. The normalized spacial score (nSPS) is 34.2. The number of nitrogens with one attached hydrogen (secondary N) is 1. The first kappa shape index (κ1) is 11.9. The van der Waals surface area contributed by atoms with Crippen LogP contribution in [0.4, 0.5) is 5.82 Å². The summed E-state index contributed by atoms with van der Waals surface area (Å²) in [6.45, 7) is -0.195. The molecule has 0 bridgehead atoms. The van der Waals surface area contributed by atoms with Gasteiger partial charge in [0.05, 0.1) is 25.4 Å². The molecule has 0 spiro atoms. The molecule has 4 heterocycles. The number of aliphatic imine (C=N–C) groups is 1. The Hall–Kier alpha value is -1.90. The summed E-state index contributed by atoms with van der Waals surface area (Å²) in [6.07, 6.45) is 5.96. The van der Waals surface area contributed by atoms with Gasteiger partial charge >= 0.3 is 0 Å². The zero-order valence-corrected chi connectivity index (χ0v) is 10.6. The number of hydrogen-bond acceptors (Lipinski definition) is 7. The number of rotatable bonds is 2. The summed E-state index contributed by atoms with van der Waals surface area (Å²) in [6, 6.07) is 0. The molecule has 1 aromatic heterocycles. The van der Waals surface area contributed by atoms with Crippen molar-refractivity contribution in [1.82, 2.24) is 19.8 Å². The van der Waals surface area contributed by atoms with Crippen molar-refractivity contribution in [3.05, 3.63) is 24.4 Å². The average Bonchev–Trinajstić information content (AvgIpc) is 3.13. The van der Waals surface area contributed by atoms with E-state index in [0.29, 0.717) is 6.42 Å². The van der Waals surface area contributed by atoms with Crippen LogP contribution in [0.3, 0.4) is 0 Å². The minimum atomic E-state index is -0.668. The topological polar surface area (TPSA) is 95.1 Å². The molecule has 3 aliphatic heterocycles. The van der Waals surface area contributed by atoms with Gasteiger partial charge in [0, 0.05) is 18.8 Å². The Balaban J connectivity index is 1.65. The molecule has 0 saturated carbocycles. The van der Waals surface area contributed by atoms with Gasteiger partial charge in [-0.3, -0.25) is 4.57 Å². The fourth-order valence-corrected chi connectivity index (χ4v) is 2.79. The number of fused-ring (bicyclic) bond motifs is 3. The Labute approximate surface area is 115 Å². The van der Waals surface area contributed by atoms with Gasteiger partial charge < -0.3 is 25.2 Å². The fourth-order valence-electron chi connectivity index (χ4n) is 2.79. The largest absolute Gasteiger partial charge is 0.394 e. The molecule has 3 aliphatic rings. The molecule has 1 aromatic rings. The molecule has 20 heavy (non-hydrogen) atoms. The monoisotopic (exact) mass is 277 g/mol. The summed E-state index contributed by atoms with van der Waals surface area (Å²) in [7, 11) is 0. The van der Waals surface area contributed by atoms with Gasteiger partial charge in [0.2, 0.25) is 0 Å². The number of nitrogens with zero attached hydrogens (tertiary/aromatic N) is 4. The van der Waals surface area contributed by atoms with Crippen LogP contribution in [0.1, 0.15) is 24.5 Å². The van der Waals surface area contributed by atoms with Crippen molar-refractivity contribution < 1.29 is 14.9 Å². The van der Waals surface area contributed by atoms with Gasteiger partial charge in [0.25, 0.3) is 0 Å². The third-order valence-corrected chi connectivity index (χ3v) is 3.86. The van der Waals surface area contributed by atoms with Crippen LogP contribution >= 0.6 is 0 Å². The maximum Gasteiger partial charge on any atom is 0.163 e. The first-order valence-electron chi connectivity index (χ1n) is 6.53. The van der Waals surface area contributed by atoms with E-state index in [-0.39, 0.29) is 19.0 Å². The van der Waals surface area contributed by atoms with Crippen LogP contribution in [0, 0.1) is 0 Å². The minimum Gasteiger partial charge on any atom is -0.394 e. The number of hydrogen-bond donors (Lipinski definition) is 3. The van der Waals surface area contributed by atoms with Crippen LogP contribution in [0.25, 0.3) is 0 Å². The lowest BCUT2D eigenvalue weighted by Crippen LogP contribution is -2.28. The third-order valence-electron chi connectivity index (χ3n) is 3.86. The second kappa shape index (κ2) is 4.30. The molecular formula is C12H15N5O3. The van der Waals surface area contributed by atoms with Crippen LogP contribution in [-0.2, 0) is 4.74 Å². The Morgan fingerprint density at radius 3 is 3.20 bits per heavy atom. The molecule has 1 fully saturated rings. The molecule has 0 amide bonds. The highest BCUT2D eigenvalue weighted by Gasteiger charge is 2.37. The van der Waals surface area contributed by atoms with Gasteiger partial charge in [-0.1, -0.05) is 0 Å². The summed E-state index contributed by atoms with van der Waals surface area (Å²) in [5.74, 6) is 0.721. The maximum absolute atomic E-state index is 9.82. The predicted octanol–water partition coefficient (Wildman–Crippen LogP) is -0.428. The van der Waals surface area contributed by atoms with Gasteiger partial charge in [0.15, 0.2) is 12.0 Å². The molecule has 0 aromatic carbocycles. The van der Waals surface area contributed by atoms with Crippen molar-refractivity contribution in [3.63, 3.8) is 0 Å². The van der Waals surface area contributed by atoms with Gasteiger partial charge in [-0.05, 0) is 0 Å². The van der Waals surface area contributed by atoms with Crippen LogP contribution < -0.4 is 5.32 Å². The van der Waals surface area contributed by atoms with Crippen molar-refractivity contribution in [2.45, 2.75) is 31.0 Å². The highest BCUT2D eigenvalue weighted by Crippen LogP contribution is 2.38. The Kier molecular flexibility index (Phi) is 2.56. The van der Waals surface area contributed by atoms with Gasteiger partial charge in [-0.25, -0.2) is 9.98 Å². The summed E-state index contributed by atoms with van der Waals surface area (Å²) in [4.78, 5) is 10.7. The number of imidazole rings is 1. The van der Waals surface area contributed by atoms with E-state index in [0.717, 1.165) is 11.5 Å². The highest BCUT2D eigenvalue weighted by molar-refractivity contribution is 5.67. The van der Waals surface area contributed by atoms with E-state index in [4.69, 9.17) is 9.84 Å². The van der Waals surface area contributed by atoms with Crippen LogP contribution in [0.5, 0.6) is 0 Å². The molecule has 4 atom stereocenters. The van der Waals surface area contributed by atoms with Crippen molar-refractivity contribution >= 4 is 12.2 Å². The second-order valence-corrected chi connectivity index (χ2v) is 5.05. The van der Waals surface area contributed by atoms with E-state index in [1.165, 1.54) is 0 Å². The van der Waals surface area contributed by atoms with E-state index in [9.17, 15) is 5.11 Å². The molecule has 8 nitrogen and oxygen atoms in total. The average molecular weight is 277 g/mol. The quantitative estimate of drug-likeness (QED) is 0.679. The van der Waals surface area contributed by atoms with E-state index in [1.807, 2.05) is 21.9 Å². The highest BCUT2D eigenvalue weighted by atomic mass is 16.5. The number of ether oxygens (including phenoxy) is 1. The third kappa shape index (κ3) is 1.59. The van der Waals surface area contributed by atoms with E-state index in [1.54, 1.807) is 12.7 Å². The van der Waals surface area contributed by atoms with E-state index in [2.05, 4.69) is 15.3 Å². The summed E-state index contributed by atoms with van der Waals surface area (Å²) in [5.41, 5.74) is 0.822. The van der Waals surface area contributed by atoms with Crippen LogP contribution in [0.15, 0.2) is 23.7 Å². The number of aliphatic hydroxyl groups is 2. The lowest BCUT2D eigenvalue weighted by molar-refractivity contribution is -0.0438. The van der Waals surface area contributed by atoms with Gasteiger partial charge in [-0.15, -0.1) is 0 Å².